The van der Waals surface area contributed by atoms with Gasteiger partial charge in [0.1, 0.15) is 11.5 Å². The molecule has 34 heavy (non-hydrogen) atoms. The van der Waals surface area contributed by atoms with Crippen LogP contribution in [0.4, 0.5) is 10.5 Å². The highest BCUT2D eigenvalue weighted by Gasteiger charge is 2.49. The lowest BCUT2D eigenvalue weighted by atomic mass is 10.0. The molecule has 0 bridgehead atoms. The SMILES string of the molecule is CCCCC1OC(=O)N(C(C(=O)Nc2cc(C)ccc2OC)C(=O)c2ccc(OC)cc2)C1=O. The second-order valence-corrected chi connectivity index (χ2v) is 7.91. The first kappa shape index (κ1) is 24.8. The minimum atomic E-state index is -1.76. The topological polar surface area (TPSA) is 111 Å². The van der Waals surface area contributed by atoms with Crippen molar-refractivity contribution in [2.75, 3.05) is 19.5 Å². The fraction of sp³-hybridized carbons (Fsp3) is 0.360. The summed E-state index contributed by atoms with van der Waals surface area (Å²) in [6.07, 6.45) is -0.289. The van der Waals surface area contributed by atoms with E-state index in [0.29, 0.717) is 34.9 Å². The number of hydrogen-bond donors (Lipinski definition) is 1. The summed E-state index contributed by atoms with van der Waals surface area (Å²) in [6, 6.07) is 9.42. The molecule has 180 valence electrons. The normalized spacial score (nSPS) is 16.1. The van der Waals surface area contributed by atoms with Crippen LogP contribution in [-0.4, -0.2) is 55.0 Å². The molecule has 1 saturated heterocycles. The Hall–Kier alpha value is -3.88. The smallest absolute Gasteiger partial charge is 0.418 e. The Morgan fingerprint density at radius 3 is 2.41 bits per heavy atom. The van der Waals surface area contributed by atoms with Crippen LogP contribution in [0.2, 0.25) is 0 Å². The predicted octanol–water partition coefficient (Wildman–Crippen LogP) is 3.74. The number of amides is 3. The Morgan fingerprint density at radius 1 is 1.09 bits per heavy atom. The van der Waals surface area contributed by atoms with Crippen LogP contribution in [0.25, 0.3) is 0 Å². The molecule has 1 N–H and O–H groups in total. The van der Waals surface area contributed by atoms with Gasteiger partial charge in [-0.3, -0.25) is 14.4 Å². The average molecular weight is 469 g/mol. The van der Waals surface area contributed by atoms with Crippen LogP contribution < -0.4 is 14.8 Å². The Balaban J connectivity index is 1.98. The third kappa shape index (κ3) is 5.19. The van der Waals surface area contributed by atoms with E-state index >= 15 is 0 Å². The quantitative estimate of drug-likeness (QED) is 0.418. The lowest BCUT2D eigenvalue weighted by Crippen LogP contribution is -2.52. The van der Waals surface area contributed by atoms with Gasteiger partial charge in [0.25, 0.3) is 11.8 Å². The van der Waals surface area contributed by atoms with E-state index in [2.05, 4.69) is 5.32 Å². The largest absolute Gasteiger partial charge is 0.497 e. The minimum absolute atomic E-state index is 0.134. The summed E-state index contributed by atoms with van der Waals surface area (Å²) in [5, 5.41) is 2.64. The number of benzene rings is 2. The van der Waals surface area contributed by atoms with Gasteiger partial charge in [0, 0.05) is 5.56 Å². The Labute approximate surface area is 198 Å². The van der Waals surface area contributed by atoms with Crippen molar-refractivity contribution < 1.29 is 33.4 Å². The second-order valence-electron chi connectivity index (χ2n) is 7.91. The van der Waals surface area contributed by atoms with E-state index in [-0.39, 0.29) is 5.56 Å². The molecule has 3 amide bonds. The predicted molar refractivity (Wildman–Crippen MR) is 124 cm³/mol. The molecule has 0 spiro atoms. The van der Waals surface area contributed by atoms with Gasteiger partial charge in [0.05, 0.1) is 19.9 Å². The number of nitrogens with one attached hydrogen (secondary N) is 1. The zero-order valence-electron chi connectivity index (χ0n) is 19.6. The molecule has 2 aromatic rings. The zero-order chi connectivity index (χ0) is 24.8. The highest BCUT2D eigenvalue weighted by molar-refractivity contribution is 6.21. The van der Waals surface area contributed by atoms with Crippen molar-refractivity contribution in [3.05, 3.63) is 53.6 Å². The molecule has 1 fully saturated rings. The first-order valence-corrected chi connectivity index (χ1v) is 11.0. The van der Waals surface area contributed by atoms with Crippen LogP contribution in [0.5, 0.6) is 11.5 Å². The number of cyclic esters (lactones) is 1. The second kappa shape index (κ2) is 10.8. The molecular weight excluding hydrogens is 440 g/mol. The standard InChI is InChI=1S/C25H28N2O7/c1-5-6-7-20-24(30)27(25(31)34-20)21(22(28)16-9-11-17(32-3)12-10-16)23(29)26-18-14-15(2)8-13-19(18)33-4/h8-14,20-21H,5-7H2,1-4H3,(H,26,29). The first-order chi connectivity index (χ1) is 16.3. The molecule has 0 aromatic heterocycles. The number of rotatable bonds is 10. The summed E-state index contributed by atoms with van der Waals surface area (Å²) in [5.74, 6) is -1.42. The molecule has 3 rings (SSSR count). The van der Waals surface area contributed by atoms with Crippen LogP contribution in [0.1, 0.15) is 42.1 Å². The molecule has 9 nitrogen and oxygen atoms in total. The maximum Gasteiger partial charge on any atom is 0.418 e. The van der Waals surface area contributed by atoms with E-state index in [1.807, 2.05) is 13.8 Å². The third-order valence-electron chi connectivity index (χ3n) is 5.51. The van der Waals surface area contributed by atoms with Crippen LogP contribution in [-0.2, 0) is 14.3 Å². The van der Waals surface area contributed by atoms with E-state index in [4.69, 9.17) is 14.2 Å². The summed E-state index contributed by atoms with van der Waals surface area (Å²) >= 11 is 0. The summed E-state index contributed by atoms with van der Waals surface area (Å²) in [5.41, 5.74) is 1.28. The molecule has 1 aliphatic heterocycles. The number of ether oxygens (including phenoxy) is 3. The van der Waals surface area contributed by atoms with Gasteiger partial charge in [-0.05, 0) is 61.7 Å². The molecule has 2 unspecified atom stereocenters. The number of anilines is 1. The maximum atomic E-state index is 13.5. The molecule has 9 heteroatoms. The maximum absolute atomic E-state index is 13.5. The summed E-state index contributed by atoms with van der Waals surface area (Å²) in [4.78, 5) is 53.2. The third-order valence-corrected chi connectivity index (χ3v) is 5.51. The molecular formula is C25H28N2O7. The average Bonchev–Trinajstić information content (AvgIpc) is 3.11. The first-order valence-electron chi connectivity index (χ1n) is 11.0. The number of unbranched alkanes of at least 4 members (excludes halogenated alkanes) is 1. The van der Waals surface area contributed by atoms with Crippen molar-refractivity contribution in [1.82, 2.24) is 4.90 Å². The van der Waals surface area contributed by atoms with Crippen molar-refractivity contribution in [3.63, 3.8) is 0 Å². The van der Waals surface area contributed by atoms with Gasteiger partial charge >= 0.3 is 6.09 Å². The van der Waals surface area contributed by atoms with Gasteiger partial charge in [-0.2, -0.15) is 0 Å². The number of imide groups is 1. The molecule has 0 radical (unpaired) electrons. The van der Waals surface area contributed by atoms with Crippen LogP contribution in [0.15, 0.2) is 42.5 Å². The summed E-state index contributed by atoms with van der Waals surface area (Å²) < 4.78 is 15.6. The number of aryl methyl sites for hydroxylation is 1. The molecule has 1 aliphatic rings. The van der Waals surface area contributed by atoms with Crippen molar-refractivity contribution in [2.24, 2.45) is 0 Å². The summed E-state index contributed by atoms with van der Waals surface area (Å²) in [7, 11) is 2.93. The number of ketones is 1. The molecule has 0 saturated carbocycles. The number of hydrogen-bond acceptors (Lipinski definition) is 7. The Morgan fingerprint density at radius 2 is 1.79 bits per heavy atom. The number of Topliss-reactive ketones (excluding diaryl/α,β-unsaturated/α-hetero) is 1. The van der Waals surface area contributed by atoms with E-state index in [9.17, 15) is 19.2 Å². The number of nitrogens with zero attached hydrogens (tertiary/aromatic N) is 1. The monoisotopic (exact) mass is 468 g/mol. The number of carbonyl (C=O) groups is 4. The van der Waals surface area contributed by atoms with Crippen molar-refractivity contribution in [1.29, 1.82) is 0 Å². The van der Waals surface area contributed by atoms with Gasteiger partial charge in [0.15, 0.2) is 17.9 Å². The van der Waals surface area contributed by atoms with Gasteiger partial charge in [-0.25, -0.2) is 9.69 Å². The van der Waals surface area contributed by atoms with Crippen molar-refractivity contribution in [3.8, 4) is 11.5 Å². The van der Waals surface area contributed by atoms with Crippen LogP contribution in [0, 0.1) is 6.92 Å². The number of carbonyl (C=O) groups excluding carboxylic acids is 4. The molecule has 0 aliphatic carbocycles. The molecule has 1 heterocycles. The van der Waals surface area contributed by atoms with Crippen molar-refractivity contribution >= 4 is 29.4 Å². The van der Waals surface area contributed by atoms with E-state index in [1.165, 1.54) is 26.4 Å². The Kier molecular flexibility index (Phi) is 7.88. The molecule has 2 atom stereocenters. The lowest BCUT2D eigenvalue weighted by molar-refractivity contribution is -0.134. The fourth-order valence-corrected chi connectivity index (χ4v) is 3.67. The van der Waals surface area contributed by atoms with Crippen LogP contribution in [0.3, 0.4) is 0 Å². The Bertz CT molecular complexity index is 1080. The zero-order valence-corrected chi connectivity index (χ0v) is 19.6. The van der Waals surface area contributed by atoms with Crippen molar-refractivity contribution in [2.45, 2.75) is 45.3 Å². The highest BCUT2D eigenvalue weighted by atomic mass is 16.6. The lowest BCUT2D eigenvalue weighted by Gasteiger charge is -2.23. The van der Waals surface area contributed by atoms with E-state index in [0.717, 1.165) is 12.0 Å². The summed E-state index contributed by atoms with van der Waals surface area (Å²) in [6.45, 7) is 3.77. The van der Waals surface area contributed by atoms with E-state index < -0.39 is 35.8 Å². The molecule has 2 aromatic carbocycles. The van der Waals surface area contributed by atoms with Gasteiger partial charge < -0.3 is 19.5 Å². The van der Waals surface area contributed by atoms with Gasteiger partial charge in [-0.1, -0.05) is 19.4 Å². The number of methoxy groups -OCH3 is 2. The minimum Gasteiger partial charge on any atom is -0.497 e. The van der Waals surface area contributed by atoms with Gasteiger partial charge in [-0.15, -0.1) is 0 Å². The van der Waals surface area contributed by atoms with E-state index in [1.54, 1.807) is 30.3 Å². The highest BCUT2D eigenvalue weighted by Crippen LogP contribution is 2.28. The van der Waals surface area contributed by atoms with Gasteiger partial charge in [0.2, 0.25) is 0 Å². The fourth-order valence-electron chi connectivity index (χ4n) is 3.67. The van der Waals surface area contributed by atoms with Crippen LogP contribution >= 0.6 is 0 Å².